The van der Waals surface area contributed by atoms with Crippen molar-refractivity contribution in [2.75, 3.05) is 13.1 Å². The third-order valence-electron chi connectivity index (χ3n) is 2.77. The average Bonchev–Trinajstić information content (AvgIpc) is 2.62. The topological polar surface area (TPSA) is 42.4 Å². The van der Waals surface area contributed by atoms with Crippen LogP contribution in [0.25, 0.3) is 0 Å². The molecule has 2 rings (SSSR count). The minimum Gasteiger partial charge on any atom is -0.372 e. The maximum atomic E-state index is 12.1. The summed E-state index contributed by atoms with van der Waals surface area (Å²) >= 11 is 1.59. The van der Waals surface area contributed by atoms with Gasteiger partial charge in [-0.05, 0) is 20.8 Å². The van der Waals surface area contributed by atoms with Crippen LogP contribution in [-0.4, -0.2) is 41.1 Å². The van der Waals surface area contributed by atoms with E-state index in [0.717, 1.165) is 10.7 Å². The molecule has 1 aliphatic heterocycles. The number of hydrogen-bond donors (Lipinski definition) is 0. The molecule has 17 heavy (non-hydrogen) atoms. The van der Waals surface area contributed by atoms with Crippen LogP contribution in [0.2, 0.25) is 0 Å². The highest BCUT2D eigenvalue weighted by Crippen LogP contribution is 2.14. The third kappa shape index (κ3) is 3.26. The molecular weight excluding hydrogens is 236 g/mol. The summed E-state index contributed by atoms with van der Waals surface area (Å²) in [6.07, 6.45) is 0.656. The molecule has 0 radical (unpaired) electrons. The lowest BCUT2D eigenvalue weighted by Crippen LogP contribution is -2.48. The van der Waals surface area contributed by atoms with Crippen LogP contribution in [-0.2, 0) is 16.0 Å². The van der Waals surface area contributed by atoms with E-state index in [0.29, 0.717) is 19.5 Å². The van der Waals surface area contributed by atoms with Crippen LogP contribution in [0.15, 0.2) is 5.38 Å². The first kappa shape index (κ1) is 12.5. The van der Waals surface area contributed by atoms with Gasteiger partial charge in [-0.25, -0.2) is 4.98 Å². The van der Waals surface area contributed by atoms with Crippen LogP contribution in [0.1, 0.15) is 24.5 Å². The molecule has 5 heteroatoms. The van der Waals surface area contributed by atoms with Gasteiger partial charge in [0.1, 0.15) is 0 Å². The maximum Gasteiger partial charge on any atom is 0.228 e. The SMILES string of the molecule is Cc1nc(CC(=O)N2C[C@@H](C)O[C@@H](C)C2)cs1. The van der Waals surface area contributed by atoms with Gasteiger partial charge >= 0.3 is 0 Å². The summed E-state index contributed by atoms with van der Waals surface area (Å²) in [5, 5.41) is 2.97. The molecule has 0 saturated carbocycles. The number of rotatable bonds is 2. The van der Waals surface area contributed by atoms with Gasteiger partial charge in [-0.1, -0.05) is 0 Å². The number of aromatic nitrogens is 1. The average molecular weight is 254 g/mol. The molecule has 0 aromatic carbocycles. The van der Waals surface area contributed by atoms with Gasteiger partial charge in [-0.15, -0.1) is 11.3 Å². The number of carbonyl (C=O) groups excluding carboxylic acids is 1. The van der Waals surface area contributed by atoms with E-state index in [9.17, 15) is 4.79 Å². The number of carbonyl (C=O) groups is 1. The summed E-state index contributed by atoms with van der Waals surface area (Å²) < 4.78 is 5.61. The van der Waals surface area contributed by atoms with E-state index in [1.54, 1.807) is 11.3 Å². The number of amides is 1. The summed E-state index contributed by atoms with van der Waals surface area (Å²) in [6.45, 7) is 7.34. The van der Waals surface area contributed by atoms with Crippen LogP contribution < -0.4 is 0 Å². The first-order valence-corrected chi connectivity index (χ1v) is 6.77. The fraction of sp³-hybridized carbons (Fsp3) is 0.667. The fourth-order valence-corrected chi connectivity index (χ4v) is 2.75. The molecule has 1 amide bonds. The predicted molar refractivity (Wildman–Crippen MR) is 67.1 cm³/mol. The van der Waals surface area contributed by atoms with E-state index in [4.69, 9.17) is 4.74 Å². The maximum absolute atomic E-state index is 12.1. The molecule has 0 aliphatic carbocycles. The monoisotopic (exact) mass is 254 g/mol. The second-order valence-electron chi connectivity index (χ2n) is 4.59. The largest absolute Gasteiger partial charge is 0.372 e. The molecule has 0 spiro atoms. The van der Waals surface area contributed by atoms with Gasteiger partial charge in [-0.3, -0.25) is 4.79 Å². The van der Waals surface area contributed by atoms with Crippen molar-refractivity contribution < 1.29 is 9.53 Å². The van der Waals surface area contributed by atoms with E-state index in [1.807, 2.05) is 31.1 Å². The molecule has 1 fully saturated rings. The molecule has 94 valence electrons. The van der Waals surface area contributed by atoms with Crippen LogP contribution in [0, 0.1) is 6.92 Å². The summed E-state index contributed by atoms with van der Waals surface area (Å²) in [6, 6.07) is 0. The standard InChI is InChI=1S/C12H18N2O2S/c1-8-5-14(6-9(2)16-8)12(15)4-11-7-17-10(3)13-11/h7-9H,4-6H2,1-3H3/t8-,9+. The second kappa shape index (κ2) is 5.14. The minimum absolute atomic E-state index is 0.125. The second-order valence-corrected chi connectivity index (χ2v) is 5.65. The smallest absolute Gasteiger partial charge is 0.228 e. The molecule has 1 aromatic rings. The van der Waals surface area contributed by atoms with E-state index in [-0.39, 0.29) is 18.1 Å². The highest BCUT2D eigenvalue weighted by molar-refractivity contribution is 7.09. The first-order chi connectivity index (χ1) is 8.04. The number of ether oxygens (including phenoxy) is 1. The van der Waals surface area contributed by atoms with Gasteiger partial charge in [0, 0.05) is 18.5 Å². The number of hydrogen-bond acceptors (Lipinski definition) is 4. The van der Waals surface area contributed by atoms with Crippen molar-refractivity contribution in [3.8, 4) is 0 Å². The Bertz CT molecular complexity index is 395. The Labute approximate surface area is 106 Å². The van der Waals surface area contributed by atoms with Crippen molar-refractivity contribution in [3.05, 3.63) is 16.1 Å². The summed E-state index contributed by atoms with van der Waals surface area (Å²) in [5.74, 6) is 0.150. The molecule has 0 bridgehead atoms. The van der Waals surface area contributed by atoms with Gasteiger partial charge in [0.05, 0.1) is 29.3 Å². The zero-order valence-electron chi connectivity index (χ0n) is 10.5. The van der Waals surface area contributed by atoms with Crippen molar-refractivity contribution >= 4 is 17.2 Å². The Kier molecular flexibility index (Phi) is 3.79. The number of aryl methyl sites for hydroxylation is 1. The van der Waals surface area contributed by atoms with Crippen LogP contribution >= 0.6 is 11.3 Å². The van der Waals surface area contributed by atoms with Crippen molar-refractivity contribution in [1.29, 1.82) is 0 Å². The van der Waals surface area contributed by atoms with Crippen molar-refractivity contribution in [1.82, 2.24) is 9.88 Å². The van der Waals surface area contributed by atoms with Crippen LogP contribution in [0.5, 0.6) is 0 Å². The molecular formula is C12H18N2O2S. The number of nitrogens with zero attached hydrogens (tertiary/aromatic N) is 2. The quantitative estimate of drug-likeness (QED) is 0.805. The van der Waals surface area contributed by atoms with Gasteiger partial charge in [0.25, 0.3) is 0 Å². The molecule has 4 nitrogen and oxygen atoms in total. The predicted octanol–water partition coefficient (Wildman–Crippen LogP) is 1.63. The van der Waals surface area contributed by atoms with E-state index in [2.05, 4.69) is 4.98 Å². The van der Waals surface area contributed by atoms with Crippen LogP contribution in [0.3, 0.4) is 0 Å². The number of thiazole rings is 1. The molecule has 2 atom stereocenters. The molecule has 1 saturated heterocycles. The van der Waals surface area contributed by atoms with Crippen molar-refractivity contribution in [3.63, 3.8) is 0 Å². The highest BCUT2D eigenvalue weighted by atomic mass is 32.1. The van der Waals surface area contributed by atoms with Gasteiger partial charge in [0.15, 0.2) is 0 Å². The van der Waals surface area contributed by atoms with Crippen molar-refractivity contribution in [2.24, 2.45) is 0 Å². The van der Waals surface area contributed by atoms with Gasteiger partial charge in [-0.2, -0.15) is 0 Å². The minimum atomic E-state index is 0.125. The zero-order valence-corrected chi connectivity index (χ0v) is 11.3. The van der Waals surface area contributed by atoms with Crippen molar-refractivity contribution in [2.45, 2.75) is 39.4 Å². The molecule has 0 unspecified atom stereocenters. The molecule has 1 aliphatic rings. The Morgan fingerprint density at radius 3 is 2.71 bits per heavy atom. The molecule has 2 heterocycles. The Hall–Kier alpha value is -0.940. The Balaban J connectivity index is 1.95. The summed E-state index contributed by atoms with van der Waals surface area (Å²) in [5.41, 5.74) is 0.879. The summed E-state index contributed by atoms with van der Waals surface area (Å²) in [7, 11) is 0. The lowest BCUT2D eigenvalue weighted by Gasteiger charge is -2.35. The van der Waals surface area contributed by atoms with E-state index in [1.165, 1.54) is 0 Å². The van der Waals surface area contributed by atoms with Gasteiger partial charge in [0.2, 0.25) is 5.91 Å². The zero-order chi connectivity index (χ0) is 12.4. The first-order valence-electron chi connectivity index (χ1n) is 5.89. The Morgan fingerprint density at radius 1 is 1.53 bits per heavy atom. The third-order valence-corrected chi connectivity index (χ3v) is 3.59. The van der Waals surface area contributed by atoms with Crippen LogP contribution in [0.4, 0.5) is 0 Å². The molecule has 0 N–H and O–H groups in total. The Morgan fingerprint density at radius 2 is 2.18 bits per heavy atom. The van der Waals surface area contributed by atoms with E-state index >= 15 is 0 Å². The van der Waals surface area contributed by atoms with Gasteiger partial charge < -0.3 is 9.64 Å². The fourth-order valence-electron chi connectivity index (χ4n) is 2.14. The highest BCUT2D eigenvalue weighted by Gasteiger charge is 2.26. The lowest BCUT2D eigenvalue weighted by molar-refractivity contribution is -0.142. The normalized spacial score (nSPS) is 25.0. The van der Waals surface area contributed by atoms with E-state index < -0.39 is 0 Å². The molecule has 1 aromatic heterocycles. The number of morpholine rings is 1. The lowest BCUT2D eigenvalue weighted by atomic mass is 10.2. The summed E-state index contributed by atoms with van der Waals surface area (Å²) in [4.78, 5) is 18.3.